The lowest BCUT2D eigenvalue weighted by Crippen LogP contribution is -1.97. The highest BCUT2D eigenvalue weighted by atomic mass is 16.6. The lowest BCUT2D eigenvalue weighted by molar-refractivity contribution is -0.385. The zero-order valence-corrected chi connectivity index (χ0v) is 11.7. The predicted octanol–water partition coefficient (Wildman–Crippen LogP) is 3.71. The van der Waals surface area contributed by atoms with Crippen LogP contribution in [0.1, 0.15) is 22.3 Å². The average Bonchev–Trinajstić information content (AvgIpc) is 2.42. The minimum absolute atomic E-state index is 0.0640. The quantitative estimate of drug-likeness (QED) is 0.633. The molecule has 0 unspecified atom stereocenters. The van der Waals surface area contributed by atoms with Gasteiger partial charge in [-0.2, -0.15) is 0 Å². The molecule has 0 aromatic heterocycles. The van der Waals surface area contributed by atoms with Gasteiger partial charge >= 0.3 is 0 Å². The molecule has 0 bridgehead atoms. The number of hydrogen-bond acceptors (Lipinski definition) is 4. The van der Waals surface area contributed by atoms with Crippen LogP contribution in [-0.2, 0) is 6.42 Å². The van der Waals surface area contributed by atoms with E-state index in [9.17, 15) is 20.2 Å². The second kappa shape index (κ2) is 5.70. The predicted molar refractivity (Wildman–Crippen MR) is 78.5 cm³/mol. The van der Waals surface area contributed by atoms with Gasteiger partial charge < -0.3 is 0 Å². The van der Waals surface area contributed by atoms with Crippen LogP contribution in [0.4, 0.5) is 11.4 Å². The Morgan fingerprint density at radius 1 is 0.810 bits per heavy atom. The summed E-state index contributed by atoms with van der Waals surface area (Å²) in [5.74, 6) is 0. The topological polar surface area (TPSA) is 86.3 Å². The normalized spacial score (nSPS) is 10.4. The molecular weight excluding hydrogens is 272 g/mol. The molecule has 0 saturated heterocycles. The fraction of sp³-hybridized carbons (Fsp3) is 0.200. The van der Waals surface area contributed by atoms with Gasteiger partial charge in [-0.1, -0.05) is 24.3 Å². The summed E-state index contributed by atoms with van der Waals surface area (Å²) in [6.45, 7) is 3.36. The zero-order chi connectivity index (χ0) is 15.6. The van der Waals surface area contributed by atoms with E-state index in [-0.39, 0.29) is 11.4 Å². The molecule has 0 aliphatic heterocycles. The van der Waals surface area contributed by atoms with Gasteiger partial charge in [-0.3, -0.25) is 20.2 Å². The van der Waals surface area contributed by atoms with Crippen LogP contribution < -0.4 is 0 Å². The third-order valence-electron chi connectivity index (χ3n) is 3.35. The van der Waals surface area contributed by atoms with E-state index in [0.29, 0.717) is 17.5 Å². The smallest absolute Gasteiger partial charge is 0.258 e. The van der Waals surface area contributed by atoms with Gasteiger partial charge in [0.15, 0.2) is 0 Å². The summed E-state index contributed by atoms with van der Waals surface area (Å²) in [7, 11) is 0. The molecule has 21 heavy (non-hydrogen) atoms. The van der Waals surface area contributed by atoms with Gasteiger partial charge in [0.05, 0.1) is 9.85 Å². The number of benzene rings is 2. The molecule has 2 rings (SSSR count). The highest BCUT2D eigenvalue weighted by Crippen LogP contribution is 2.24. The Morgan fingerprint density at radius 2 is 1.19 bits per heavy atom. The molecular formula is C15H14N2O4. The van der Waals surface area contributed by atoms with Gasteiger partial charge in [0, 0.05) is 23.3 Å². The number of aryl methyl sites for hydroxylation is 2. The van der Waals surface area contributed by atoms with Gasteiger partial charge in [-0.15, -0.1) is 0 Å². The van der Waals surface area contributed by atoms with Crippen molar-refractivity contribution in [3.8, 4) is 0 Å². The second-order valence-electron chi connectivity index (χ2n) is 4.93. The first-order valence-corrected chi connectivity index (χ1v) is 6.36. The molecule has 0 atom stereocenters. The molecule has 0 radical (unpaired) electrons. The highest BCUT2D eigenvalue weighted by Gasteiger charge is 2.14. The fourth-order valence-corrected chi connectivity index (χ4v) is 2.16. The largest absolute Gasteiger partial charge is 0.272 e. The Labute approximate surface area is 121 Å². The van der Waals surface area contributed by atoms with E-state index in [4.69, 9.17) is 0 Å². The van der Waals surface area contributed by atoms with Crippen molar-refractivity contribution in [2.24, 2.45) is 0 Å². The molecule has 0 aliphatic rings. The van der Waals surface area contributed by atoms with Crippen LogP contribution in [0.15, 0.2) is 36.4 Å². The Hall–Kier alpha value is -2.76. The van der Waals surface area contributed by atoms with Crippen molar-refractivity contribution in [3.05, 3.63) is 78.9 Å². The fourth-order valence-electron chi connectivity index (χ4n) is 2.16. The summed E-state index contributed by atoms with van der Waals surface area (Å²) in [5.41, 5.74) is 2.83. The van der Waals surface area contributed by atoms with E-state index in [2.05, 4.69) is 0 Å². The Kier molecular flexibility index (Phi) is 3.98. The number of nitrogens with zero attached hydrogens (tertiary/aromatic N) is 2. The molecule has 0 amide bonds. The zero-order valence-electron chi connectivity index (χ0n) is 11.7. The molecule has 2 aromatic rings. The first-order valence-electron chi connectivity index (χ1n) is 6.36. The average molecular weight is 286 g/mol. The lowest BCUT2D eigenvalue weighted by atomic mass is 10.0. The minimum Gasteiger partial charge on any atom is -0.258 e. The van der Waals surface area contributed by atoms with Crippen molar-refractivity contribution in [2.45, 2.75) is 20.3 Å². The van der Waals surface area contributed by atoms with Crippen molar-refractivity contribution >= 4 is 11.4 Å². The molecule has 108 valence electrons. The standard InChI is InChI=1S/C15H14N2O4/c1-10-3-5-12(8-14(10)16(18)19)7-13-6-4-11(2)15(9-13)17(20)21/h3-6,8-9H,7H2,1-2H3. The van der Waals surface area contributed by atoms with Crippen molar-refractivity contribution < 1.29 is 9.85 Å². The van der Waals surface area contributed by atoms with Crippen LogP contribution in [0.3, 0.4) is 0 Å². The monoisotopic (exact) mass is 286 g/mol. The van der Waals surface area contributed by atoms with Crippen LogP contribution in [-0.4, -0.2) is 9.85 Å². The summed E-state index contributed by atoms with van der Waals surface area (Å²) in [6, 6.07) is 10.0. The van der Waals surface area contributed by atoms with Gasteiger partial charge in [0.1, 0.15) is 0 Å². The van der Waals surface area contributed by atoms with Crippen LogP contribution in [0.25, 0.3) is 0 Å². The summed E-state index contributed by atoms with van der Waals surface area (Å²) >= 11 is 0. The first kappa shape index (κ1) is 14.6. The Bertz CT molecular complexity index is 664. The molecule has 6 nitrogen and oxygen atoms in total. The molecule has 0 heterocycles. The minimum atomic E-state index is -0.420. The number of nitro groups is 2. The van der Waals surface area contributed by atoms with Gasteiger partial charge in [0.25, 0.3) is 11.4 Å². The van der Waals surface area contributed by atoms with Crippen molar-refractivity contribution in [1.82, 2.24) is 0 Å². The van der Waals surface area contributed by atoms with Crippen LogP contribution >= 0.6 is 0 Å². The molecule has 0 N–H and O–H groups in total. The van der Waals surface area contributed by atoms with Crippen molar-refractivity contribution in [2.75, 3.05) is 0 Å². The number of rotatable bonds is 4. The molecule has 0 saturated carbocycles. The maximum absolute atomic E-state index is 10.9. The third-order valence-corrected chi connectivity index (χ3v) is 3.35. The summed E-state index contributed by atoms with van der Waals surface area (Å²) in [5, 5.41) is 21.9. The molecule has 6 heteroatoms. The molecule has 2 aromatic carbocycles. The Balaban J connectivity index is 2.34. The van der Waals surface area contributed by atoms with E-state index >= 15 is 0 Å². The first-order chi connectivity index (χ1) is 9.88. The van der Waals surface area contributed by atoms with E-state index in [0.717, 1.165) is 11.1 Å². The number of nitro benzene ring substituents is 2. The SMILES string of the molecule is Cc1ccc(Cc2ccc(C)c([N+](=O)[O-])c2)cc1[N+](=O)[O-]. The van der Waals surface area contributed by atoms with E-state index in [1.807, 2.05) is 0 Å². The lowest BCUT2D eigenvalue weighted by Gasteiger charge is -2.05. The third kappa shape index (κ3) is 3.22. The van der Waals surface area contributed by atoms with Gasteiger partial charge in [-0.25, -0.2) is 0 Å². The summed E-state index contributed by atoms with van der Waals surface area (Å²) in [4.78, 5) is 21.0. The summed E-state index contributed by atoms with van der Waals surface area (Å²) in [6.07, 6.45) is 0.419. The highest BCUT2D eigenvalue weighted by molar-refractivity contribution is 5.46. The second-order valence-corrected chi connectivity index (χ2v) is 4.93. The molecule has 0 fully saturated rings. The maximum atomic E-state index is 10.9. The van der Waals surface area contributed by atoms with Crippen molar-refractivity contribution in [1.29, 1.82) is 0 Å². The van der Waals surface area contributed by atoms with Crippen molar-refractivity contribution in [3.63, 3.8) is 0 Å². The van der Waals surface area contributed by atoms with E-state index in [1.165, 1.54) is 12.1 Å². The molecule has 0 spiro atoms. The number of hydrogen-bond donors (Lipinski definition) is 0. The van der Waals surface area contributed by atoms with E-state index < -0.39 is 9.85 Å². The van der Waals surface area contributed by atoms with E-state index in [1.54, 1.807) is 38.1 Å². The van der Waals surface area contributed by atoms with Gasteiger partial charge in [0.2, 0.25) is 0 Å². The van der Waals surface area contributed by atoms with Crippen LogP contribution in [0, 0.1) is 34.1 Å². The Morgan fingerprint density at radius 3 is 1.52 bits per heavy atom. The van der Waals surface area contributed by atoms with Crippen LogP contribution in [0.5, 0.6) is 0 Å². The summed E-state index contributed by atoms with van der Waals surface area (Å²) < 4.78 is 0. The molecule has 0 aliphatic carbocycles. The van der Waals surface area contributed by atoms with Gasteiger partial charge in [-0.05, 0) is 31.4 Å². The maximum Gasteiger partial charge on any atom is 0.272 e. The van der Waals surface area contributed by atoms with Crippen LogP contribution in [0.2, 0.25) is 0 Å².